The second-order valence-corrected chi connectivity index (χ2v) is 4.99. The van der Waals surface area contributed by atoms with Crippen molar-refractivity contribution in [2.75, 3.05) is 18.8 Å². The molecule has 0 bridgehead atoms. The molecule has 0 saturated carbocycles. The maximum absolute atomic E-state index is 11.8. The minimum atomic E-state index is -4.26. The van der Waals surface area contributed by atoms with E-state index >= 15 is 0 Å². The second kappa shape index (κ2) is 7.45. The van der Waals surface area contributed by atoms with Crippen molar-refractivity contribution in [2.45, 2.75) is 18.2 Å². The fourth-order valence-electron chi connectivity index (χ4n) is 1.33. The molecule has 7 nitrogen and oxygen atoms in total. The van der Waals surface area contributed by atoms with Gasteiger partial charge in [0.25, 0.3) is 0 Å². The molecule has 0 aliphatic rings. The van der Waals surface area contributed by atoms with Gasteiger partial charge >= 0.3 is 11.2 Å². The molecule has 0 aliphatic heterocycles. The van der Waals surface area contributed by atoms with Crippen LogP contribution in [0.4, 0.5) is 18.9 Å². The Bertz CT molecular complexity index is 440. The molecule has 1 aromatic rings. The summed E-state index contributed by atoms with van der Waals surface area (Å²) in [6, 6.07) is 0. The first-order valence-electron chi connectivity index (χ1n) is 5.54. The van der Waals surface area contributed by atoms with E-state index < -0.39 is 16.5 Å². The van der Waals surface area contributed by atoms with Gasteiger partial charge in [-0.25, -0.2) is 0 Å². The maximum atomic E-state index is 11.8. The molecule has 1 aromatic heterocycles. The molecule has 0 aliphatic carbocycles. The Morgan fingerprint density at radius 3 is 2.85 bits per heavy atom. The van der Waals surface area contributed by atoms with E-state index in [2.05, 4.69) is 10.4 Å². The number of nitrogens with zero attached hydrogens (tertiary/aromatic N) is 3. The van der Waals surface area contributed by atoms with Crippen molar-refractivity contribution in [2.24, 2.45) is 0 Å². The monoisotopic (exact) mass is 314 g/mol. The summed E-state index contributed by atoms with van der Waals surface area (Å²) in [7, 11) is 0. The molecule has 1 atom stereocenters. The summed E-state index contributed by atoms with van der Waals surface area (Å²) in [4.78, 5) is 9.80. The van der Waals surface area contributed by atoms with Crippen molar-refractivity contribution < 1.29 is 23.2 Å². The number of aliphatic hydroxyl groups excluding tert-OH is 1. The van der Waals surface area contributed by atoms with Gasteiger partial charge in [0.05, 0.1) is 17.6 Å². The van der Waals surface area contributed by atoms with E-state index in [0.29, 0.717) is 0 Å². The lowest BCUT2D eigenvalue weighted by Crippen LogP contribution is -2.32. The number of hydrogen-bond acceptors (Lipinski definition) is 6. The van der Waals surface area contributed by atoms with Crippen LogP contribution in [0.25, 0.3) is 0 Å². The molecule has 2 N–H and O–H groups in total. The highest BCUT2D eigenvalue weighted by Crippen LogP contribution is 2.29. The third kappa shape index (κ3) is 6.73. The zero-order chi connectivity index (χ0) is 15.2. The van der Waals surface area contributed by atoms with E-state index in [1.807, 2.05) is 0 Å². The van der Waals surface area contributed by atoms with Crippen LogP contribution in [0.5, 0.6) is 0 Å². The van der Waals surface area contributed by atoms with Crippen LogP contribution >= 0.6 is 11.8 Å². The van der Waals surface area contributed by atoms with Gasteiger partial charge in [-0.1, -0.05) is 0 Å². The van der Waals surface area contributed by atoms with Crippen molar-refractivity contribution in [3.8, 4) is 0 Å². The zero-order valence-electron chi connectivity index (χ0n) is 10.2. The molecule has 1 unspecified atom stereocenters. The van der Waals surface area contributed by atoms with Gasteiger partial charge in [0.15, 0.2) is 0 Å². The summed E-state index contributed by atoms with van der Waals surface area (Å²) in [5.41, 5.74) is -4.44. The number of rotatable bonds is 8. The summed E-state index contributed by atoms with van der Waals surface area (Å²) in [6.07, 6.45) is 1.33. The first-order chi connectivity index (χ1) is 9.28. The summed E-state index contributed by atoms with van der Waals surface area (Å²) in [6.45, 7) is 0.194. The predicted molar refractivity (Wildman–Crippen MR) is 66.3 cm³/mol. The number of nitro groups is 1. The molecular weight excluding hydrogens is 301 g/mol. The molecule has 0 amide bonds. The van der Waals surface area contributed by atoms with Gasteiger partial charge in [0.1, 0.15) is 12.4 Å². The third-order valence-electron chi connectivity index (χ3n) is 2.15. The Morgan fingerprint density at radius 1 is 1.60 bits per heavy atom. The minimum absolute atomic E-state index is 0.0211. The van der Waals surface area contributed by atoms with Gasteiger partial charge in [0.2, 0.25) is 0 Å². The van der Waals surface area contributed by atoms with Crippen molar-refractivity contribution in [1.82, 2.24) is 15.1 Å². The van der Waals surface area contributed by atoms with Crippen LogP contribution < -0.4 is 5.32 Å². The molecule has 1 rings (SSSR count). The normalized spacial score (nSPS) is 13.4. The molecule has 0 spiro atoms. The van der Waals surface area contributed by atoms with E-state index in [1.54, 1.807) is 0 Å². The number of aliphatic hydroxyl groups is 1. The number of aromatic nitrogens is 2. The summed E-state index contributed by atoms with van der Waals surface area (Å²) >= 11 is -0.141. The first-order valence-corrected chi connectivity index (χ1v) is 6.53. The van der Waals surface area contributed by atoms with Crippen LogP contribution in [0.3, 0.4) is 0 Å². The van der Waals surface area contributed by atoms with Gasteiger partial charge in [-0.15, -0.1) is 0 Å². The number of alkyl halides is 3. The number of nitrogens with one attached hydrogen (secondary N) is 1. The minimum Gasteiger partial charge on any atom is -0.390 e. The standard InChI is InChI=1S/C9H13F3N4O3S/c10-9(11,12)20-2-1-13-4-8(17)6-15-5-7(3-14-15)16(18)19/h3,5,8,13,17H,1-2,4,6H2. The fourth-order valence-corrected chi connectivity index (χ4v) is 1.81. The Labute approximate surface area is 116 Å². The Hall–Kier alpha value is -1.33. The summed E-state index contributed by atoms with van der Waals surface area (Å²) in [5, 5.41) is 26.3. The molecule has 114 valence electrons. The molecule has 1 heterocycles. The molecule has 0 aromatic carbocycles. The highest BCUT2D eigenvalue weighted by molar-refractivity contribution is 8.00. The average molecular weight is 314 g/mol. The second-order valence-electron chi connectivity index (χ2n) is 3.83. The van der Waals surface area contributed by atoms with Gasteiger partial charge < -0.3 is 10.4 Å². The fraction of sp³-hybridized carbons (Fsp3) is 0.667. The number of thioether (sulfide) groups is 1. The summed E-state index contributed by atoms with van der Waals surface area (Å²) < 4.78 is 36.7. The van der Waals surface area contributed by atoms with E-state index in [1.165, 1.54) is 10.9 Å². The highest BCUT2D eigenvalue weighted by Gasteiger charge is 2.27. The smallest absolute Gasteiger partial charge is 0.390 e. The summed E-state index contributed by atoms with van der Waals surface area (Å²) in [5.74, 6) is -0.149. The van der Waals surface area contributed by atoms with Crippen LogP contribution in [0.15, 0.2) is 12.4 Å². The largest absolute Gasteiger partial charge is 0.441 e. The molecule has 11 heteroatoms. The zero-order valence-corrected chi connectivity index (χ0v) is 11.0. The highest BCUT2D eigenvalue weighted by atomic mass is 32.2. The van der Waals surface area contributed by atoms with Gasteiger partial charge in [-0.3, -0.25) is 14.8 Å². The quantitative estimate of drug-likeness (QED) is 0.422. The van der Waals surface area contributed by atoms with Crippen molar-refractivity contribution >= 4 is 17.4 Å². The van der Waals surface area contributed by atoms with E-state index in [0.717, 1.165) is 6.20 Å². The molecule has 0 saturated heterocycles. The predicted octanol–water partition coefficient (Wildman–Crippen LogP) is 0.995. The third-order valence-corrected chi connectivity index (χ3v) is 2.89. The van der Waals surface area contributed by atoms with E-state index in [9.17, 15) is 28.4 Å². The Kier molecular flexibility index (Phi) is 6.23. The first kappa shape index (κ1) is 16.7. The van der Waals surface area contributed by atoms with Gasteiger partial charge in [0, 0.05) is 18.8 Å². The van der Waals surface area contributed by atoms with Crippen LogP contribution in [-0.4, -0.2) is 50.3 Å². The van der Waals surface area contributed by atoms with Crippen molar-refractivity contribution in [3.05, 3.63) is 22.5 Å². The van der Waals surface area contributed by atoms with E-state index in [-0.39, 0.29) is 42.8 Å². The van der Waals surface area contributed by atoms with Crippen LogP contribution in [0.1, 0.15) is 0 Å². The Balaban J connectivity index is 2.19. The molecule has 0 fully saturated rings. The van der Waals surface area contributed by atoms with Crippen LogP contribution in [0, 0.1) is 10.1 Å². The van der Waals surface area contributed by atoms with Crippen molar-refractivity contribution in [1.29, 1.82) is 0 Å². The topological polar surface area (TPSA) is 93.2 Å². The van der Waals surface area contributed by atoms with Crippen LogP contribution in [-0.2, 0) is 6.54 Å². The van der Waals surface area contributed by atoms with Crippen molar-refractivity contribution in [3.63, 3.8) is 0 Å². The molecular formula is C9H13F3N4O3S. The SMILES string of the molecule is O=[N+]([O-])c1cnn(CC(O)CNCCSC(F)(F)F)c1. The number of hydrogen-bond donors (Lipinski definition) is 2. The van der Waals surface area contributed by atoms with Crippen LogP contribution in [0.2, 0.25) is 0 Å². The maximum Gasteiger partial charge on any atom is 0.441 e. The average Bonchev–Trinajstić information content (AvgIpc) is 2.75. The lowest BCUT2D eigenvalue weighted by Gasteiger charge is -2.12. The lowest BCUT2D eigenvalue weighted by molar-refractivity contribution is -0.385. The molecule has 20 heavy (non-hydrogen) atoms. The number of halogens is 3. The van der Waals surface area contributed by atoms with Gasteiger partial charge in [-0.05, 0) is 11.8 Å². The Morgan fingerprint density at radius 2 is 2.30 bits per heavy atom. The van der Waals surface area contributed by atoms with E-state index in [4.69, 9.17) is 0 Å². The molecule has 0 radical (unpaired) electrons. The lowest BCUT2D eigenvalue weighted by atomic mass is 10.3. The van der Waals surface area contributed by atoms with Gasteiger partial charge in [-0.2, -0.15) is 18.3 Å².